The minimum absolute atomic E-state index is 0.454. The normalized spacial score (nSPS) is 11.5. The summed E-state index contributed by atoms with van der Waals surface area (Å²) < 4.78 is 331. The minimum atomic E-state index is -7.22. The van der Waals surface area contributed by atoms with E-state index in [1.54, 1.807) is 0 Å². The molecule has 0 saturated carbocycles. The number of hydrogen-bond acceptors (Lipinski definition) is 1. The summed E-state index contributed by atoms with van der Waals surface area (Å²) >= 11 is 0. The Morgan fingerprint density at radius 1 is 0.351 bits per heavy atom. The van der Waals surface area contributed by atoms with Crippen LogP contribution >= 0.6 is 0 Å². The van der Waals surface area contributed by atoms with E-state index in [1.165, 1.54) is 29.4 Å². The molecule has 1 aromatic heterocycles. The Balaban J connectivity index is 0.000000512. The molecule has 4 aromatic carbocycles. The van der Waals surface area contributed by atoms with Gasteiger partial charge in [-0.15, -0.1) is 21.9 Å². The van der Waals surface area contributed by atoms with Gasteiger partial charge in [0.15, 0.2) is 82.2 Å². The maximum atomic E-state index is 15.4. The van der Waals surface area contributed by atoms with E-state index in [0.29, 0.717) is 0 Å². The zero-order chi connectivity index (χ0) is 43.3. The second-order valence-corrected chi connectivity index (χ2v) is 10.9. The van der Waals surface area contributed by atoms with Crippen LogP contribution in [0, 0.1) is 116 Å². The Morgan fingerprint density at radius 3 is 0.737 bits per heavy atom. The van der Waals surface area contributed by atoms with E-state index in [9.17, 15) is 65.9 Å². The van der Waals surface area contributed by atoms with Crippen LogP contribution in [0.4, 0.5) is 101 Å². The molecule has 2 nitrogen and oxygen atoms in total. The van der Waals surface area contributed by atoms with Gasteiger partial charge in [-0.1, -0.05) is 0 Å². The first-order valence-corrected chi connectivity index (χ1v) is 14.1. The summed E-state index contributed by atoms with van der Waals surface area (Å²) in [4.78, 5) is 3.65. The Hall–Kier alpha value is -5.85. The number of allylic oxidation sites excluding steroid dienone is 1. The van der Waals surface area contributed by atoms with Crippen molar-refractivity contribution in [2.24, 2.45) is 0 Å². The lowest BCUT2D eigenvalue weighted by molar-refractivity contribution is -0.691. The molecule has 0 fully saturated rings. The molecule has 0 radical (unpaired) electrons. The molecule has 0 unspecified atom stereocenters. The summed E-state index contributed by atoms with van der Waals surface area (Å²) in [5.74, 6) is -72.8. The fourth-order valence-electron chi connectivity index (χ4n) is 5.55. The molecule has 1 heterocycles. The first-order chi connectivity index (χ1) is 26.4. The van der Waals surface area contributed by atoms with Crippen molar-refractivity contribution < 1.29 is 106 Å². The molecule has 0 saturated heterocycles. The van der Waals surface area contributed by atoms with Crippen molar-refractivity contribution in [3.8, 4) is 0 Å². The fourth-order valence-corrected chi connectivity index (χ4v) is 5.55. The van der Waals surface area contributed by atoms with Gasteiger partial charge in [-0.3, -0.25) is 4.98 Å². The number of aromatic nitrogens is 2. The summed E-state index contributed by atoms with van der Waals surface area (Å²) in [5, 5.41) is 0. The first-order valence-electron chi connectivity index (χ1n) is 14.1. The van der Waals surface area contributed by atoms with E-state index < -0.39 is 163 Å². The number of benzene rings is 4. The van der Waals surface area contributed by atoms with Crippen molar-refractivity contribution in [1.29, 1.82) is 0 Å². The predicted octanol–water partition coefficient (Wildman–Crippen LogP) is 7.29. The van der Waals surface area contributed by atoms with Crippen LogP contribution < -0.4 is 26.4 Å². The molecule has 0 spiro atoms. The van der Waals surface area contributed by atoms with Crippen molar-refractivity contribution in [1.82, 2.24) is 4.98 Å². The number of nitrogens with zero attached hydrogens (tertiary/aromatic N) is 2. The number of halogens is 23. The fraction of sp³-hybridized carbons (Fsp3) is 0.0323. The molecular formula is C31H6BF23N2. The third kappa shape index (κ3) is 6.87. The van der Waals surface area contributed by atoms with Crippen LogP contribution in [-0.4, -0.2) is 11.1 Å². The predicted molar refractivity (Wildman–Crippen MR) is 144 cm³/mol. The molecule has 57 heavy (non-hydrogen) atoms. The van der Waals surface area contributed by atoms with Crippen LogP contribution in [0.3, 0.4) is 0 Å². The van der Waals surface area contributed by atoms with Gasteiger partial charge in [-0.05, 0) is 0 Å². The summed E-state index contributed by atoms with van der Waals surface area (Å²) in [7, 11) is 0. The smallest absolute Gasteiger partial charge is 0.252 e. The van der Waals surface area contributed by atoms with Crippen LogP contribution in [0.2, 0.25) is 0 Å². The highest BCUT2D eigenvalue weighted by atomic mass is 19.3. The van der Waals surface area contributed by atoms with E-state index in [1.807, 2.05) is 0 Å². The van der Waals surface area contributed by atoms with E-state index in [0.717, 1.165) is 0 Å². The van der Waals surface area contributed by atoms with Crippen LogP contribution in [0.1, 0.15) is 0 Å². The maximum Gasteiger partial charge on any atom is 0.308 e. The first kappa shape index (κ1) is 43.9. The van der Waals surface area contributed by atoms with E-state index in [-0.39, 0.29) is 0 Å². The van der Waals surface area contributed by atoms with Crippen molar-refractivity contribution in [2.45, 2.75) is 6.54 Å². The molecule has 0 bridgehead atoms. The lowest BCUT2D eigenvalue weighted by atomic mass is 9.12. The molecule has 0 atom stereocenters. The zero-order valence-corrected chi connectivity index (χ0v) is 26.2. The lowest BCUT2D eigenvalue weighted by Gasteiger charge is -2.44. The SMILES string of the molecule is FC(F)=C(F)C[n+]1ccncc1.Fc1c(F)c(F)c([B-](c2c(F)c(F)c(F)c(F)c2F)(c2c(F)c(F)c(F)c(F)c2F)c2c(F)c(F)c(F)c(F)c2F)c(F)c1F. The summed E-state index contributed by atoms with van der Waals surface area (Å²) in [6, 6.07) is 0. The Labute approximate surface area is 298 Å². The number of hydrogen-bond donors (Lipinski definition) is 0. The molecule has 0 N–H and O–H groups in total. The largest absolute Gasteiger partial charge is 0.308 e. The molecule has 0 amide bonds. The highest BCUT2D eigenvalue weighted by molar-refractivity contribution is 7.20. The summed E-state index contributed by atoms with van der Waals surface area (Å²) in [6.07, 6.45) is -3.90. The topological polar surface area (TPSA) is 16.8 Å². The van der Waals surface area contributed by atoms with Crippen molar-refractivity contribution in [3.05, 3.63) is 153 Å². The van der Waals surface area contributed by atoms with Crippen LogP contribution in [0.5, 0.6) is 0 Å². The second-order valence-electron chi connectivity index (χ2n) is 10.9. The molecule has 0 aliphatic carbocycles. The van der Waals surface area contributed by atoms with Crippen molar-refractivity contribution in [3.63, 3.8) is 0 Å². The standard InChI is InChI=1S/C24BF20.C7H6F3N2/c26-5-1(6(27)14(35)21(42)13(5)34)25(2-7(28)15(36)22(43)16(37)8(2)29,3-9(30)17(38)23(44)18(39)10(3)31)4-11(32)19(40)24(45)20(41)12(4)33;8-6(7(9)10)5-12-3-1-11-2-4-12/h;1-4H,5H2/q-1;+1. The van der Waals surface area contributed by atoms with Crippen LogP contribution in [-0.2, 0) is 6.54 Å². The third-order valence-corrected chi connectivity index (χ3v) is 7.92. The van der Waals surface area contributed by atoms with E-state index >= 15 is 35.1 Å². The zero-order valence-electron chi connectivity index (χ0n) is 26.2. The molecule has 0 aliphatic heterocycles. The van der Waals surface area contributed by atoms with Gasteiger partial charge in [0.2, 0.25) is 12.4 Å². The second kappa shape index (κ2) is 16.0. The summed E-state index contributed by atoms with van der Waals surface area (Å²) in [5.41, 5.74) is -14.3. The van der Waals surface area contributed by atoms with Gasteiger partial charge in [0.05, 0.1) is 12.4 Å². The molecular weight excluding hydrogens is 848 g/mol. The average Bonchev–Trinajstić information content (AvgIpc) is 3.18. The minimum Gasteiger partial charge on any atom is -0.252 e. The highest BCUT2D eigenvalue weighted by Gasteiger charge is 2.52. The third-order valence-electron chi connectivity index (χ3n) is 7.92. The van der Waals surface area contributed by atoms with Gasteiger partial charge >= 0.3 is 6.08 Å². The average molecular weight is 854 g/mol. The van der Waals surface area contributed by atoms with Gasteiger partial charge in [0.25, 0.3) is 0 Å². The molecule has 304 valence electrons. The van der Waals surface area contributed by atoms with Gasteiger partial charge in [0.1, 0.15) is 52.7 Å². The molecule has 5 aromatic rings. The molecule has 0 aliphatic rings. The van der Waals surface area contributed by atoms with Crippen molar-refractivity contribution >= 4 is 28.0 Å². The highest BCUT2D eigenvalue weighted by Crippen LogP contribution is 2.30. The lowest BCUT2D eigenvalue weighted by Crippen LogP contribution is -2.81. The van der Waals surface area contributed by atoms with Gasteiger partial charge in [-0.2, -0.15) is 17.7 Å². The van der Waals surface area contributed by atoms with Crippen LogP contribution in [0.25, 0.3) is 0 Å². The quantitative estimate of drug-likeness (QED) is 0.0577. The monoisotopic (exact) mass is 854 g/mol. The van der Waals surface area contributed by atoms with Crippen LogP contribution in [0.15, 0.2) is 36.7 Å². The Bertz CT molecular complexity index is 2090. The Kier molecular flexibility index (Phi) is 12.3. The van der Waals surface area contributed by atoms with E-state index in [4.69, 9.17) is 0 Å². The van der Waals surface area contributed by atoms with E-state index in [2.05, 4.69) is 4.98 Å². The number of rotatable bonds is 6. The molecule has 26 heteroatoms. The van der Waals surface area contributed by atoms with Gasteiger partial charge in [-0.25, -0.2) is 87.8 Å². The Morgan fingerprint density at radius 2 is 0.544 bits per heavy atom. The van der Waals surface area contributed by atoms with Crippen molar-refractivity contribution in [2.75, 3.05) is 0 Å². The maximum absolute atomic E-state index is 15.4. The molecule has 5 rings (SSSR count). The van der Waals surface area contributed by atoms with Gasteiger partial charge in [0, 0.05) is 0 Å². The van der Waals surface area contributed by atoms with Gasteiger partial charge < -0.3 is 0 Å². The summed E-state index contributed by atoms with van der Waals surface area (Å²) in [6.45, 7) is -0.454.